The summed E-state index contributed by atoms with van der Waals surface area (Å²) in [5.41, 5.74) is 0. The molecule has 0 saturated carbocycles. The first-order valence-corrected chi connectivity index (χ1v) is 26.8. The topological polar surface area (TPSA) is 57.6 Å². The van der Waals surface area contributed by atoms with Crippen molar-refractivity contribution in [1.82, 2.24) is 4.90 Å². The third-order valence-corrected chi connectivity index (χ3v) is 11.5. The van der Waals surface area contributed by atoms with E-state index in [2.05, 4.69) is 25.7 Å². The van der Waals surface area contributed by atoms with E-state index in [1.807, 2.05) is 0 Å². The quantitative estimate of drug-likeness (QED) is 0.0493. The summed E-state index contributed by atoms with van der Waals surface area (Å²) in [6.45, 7) is 11.1. The first kappa shape index (κ1) is 56.0. The van der Waals surface area contributed by atoms with E-state index < -0.39 is 10.1 Å². The van der Waals surface area contributed by atoms with E-state index >= 15 is 0 Å². The number of nitrogens with zero attached hydrogens (tertiary/aromatic N) is 1. The van der Waals surface area contributed by atoms with E-state index in [4.69, 9.17) is 4.55 Å². The van der Waals surface area contributed by atoms with Crippen LogP contribution in [0.2, 0.25) is 0 Å². The summed E-state index contributed by atoms with van der Waals surface area (Å²) >= 11 is 0. The number of unbranched alkanes of at least 4 members (excludes halogenated alkanes) is 39. The Morgan fingerprint density at radius 2 is 0.389 bits per heavy atom. The zero-order valence-electron chi connectivity index (χ0n) is 37.9. The minimum absolute atomic E-state index is 0.715. The molecule has 0 rings (SSSR count). The highest BCUT2D eigenvalue weighted by Gasteiger charge is 2.06. The normalized spacial score (nSPS) is 11.7. The lowest BCUT2D eigenvalue weighted by atomic mass is 10.0. The molecule has 0 spiro atoms. The van der Waals surface area contributed by atoms with Crippen LogP contribution in [0.3, 0.4) is 0 Å². The van der Waals surface area contributed by atoms with Gasteiger partial charge in [-0.3, -0.25) is 4.55 Å². The van der Waals surface area contributed by atoms with Gasteiger partial charge < -0.3 is 4.90 Å². The van der Waals surface area contributed by atoms with Crippen LogP contribution in [-0.2, 0) is 10.1 Å². The molecule has 328 valence electrons. The van der Waals surface area contributed by atoms with Crippen LogP contribution in [0, 0.1) is 0 Å². The summed E-state index contributed by atoms with van der Waals surface area (Å²) in [5.74, 6) is 0. The van der Waals surface area contributed by atoms with Crippen LogP contribution in [0.1, 0.15) is 290 Å². The summed E-state index contributed by atoms with van der Waals surface area (Å²) in [7, 11) is -3.67. The van der Waals surface area contributed by atoms with Crippen molar-refractivity contribution in [3.05, 3.63) is 0 Å². The van der Waals surface area contributed by atoms with Crippen LogP contribution < -0.4 is 0 Å². The molecule has 0 atom stereocenters. The van der Waals surface area contributed by atoms with Gasteiger partial charge in [0.2, 0.25) is 0 Å². The van der Waals surface area contributed by atoms with Gasteiger partial charge >= 0.3 is 0 Å². The van der Waals surface area contributed by atoms with E-state index in [9.17, 15) is 8.42 Å². The highest BCUT2D eigenvalue weighted by Crippen LogP contribution is 2.17. The van der Waals surface area contributed by atoms with Crippen LogP contribution in [0.4, 0.5) is 0 Å². The van der Waals surface area contributed by atoms with Gasteiger partial charge in [0.25, 0.3) is 10.1 Å². The zero-order valence-corrected chi connectivity index (χ0v) is 38.8. The molecule has 0 unspecified atom stereocenters. The molecule has 0 aliphatic carbocycles. The molecular weight excluding hydrogens is 683 g/mol. The molecule has 54 heavy (non-hydrogen) atoms. The van der Waals surface area contributed by atoms with Gasteiger partial charge in [-0.1, -0.05) is 271 Å². The second kappa shape index (κ2) is 49.0. The maximum absolute atomic E-state index is 9.19. The van der Waals surface area contributed by atoms with Gasteiger partial charge in [0, 0.05) is 0 Å². The maximum Gasteiger partial charge on any atom is 0.261 e. The molecule has 0 aromatic rings. The summed E-state index contributed by atoms with van der Waals surface area (Å²) in [6, 6.07) is 0. The van der Waals surface area contributed by atoms with Gasteiger partial charge in [0.15, 0.2) is 0 Å². The monoisotopic (exact) mass is 786 g/mol. The Morgan fingerprint density at radius 3 is 0.519 bits per heavy atom. The second-order valence-corrected chi connectivity index (χ2v) is 18.8. The molecule has 0 aliphatic heterocycles. The van der Waals surface area contributed by atoms with Crippen molar-refractivity contribution in [2.24, 2.45) is 0 Å². The van der Waals surface area contributed by atoms with Crippen molar-refractivity contribution < 1.29 is 13.0 Å². The van der Waals surface area contributed by atoms with Crippen LogP contribution in [0.25, 0.3) is 0 Å². The molecule has 0 radical (unpaired) electrons. The number of hydrogen-bond donors (Lipinski definition) is 1. The first-order valence-electron chi connectivity index (χ1n) is 25.0. The zero-order chi connectivity index (χ0) is 39.9. The smallest absolute Gasteiger partial charge is 0.261 e. The Labute approximate surface area is 343 Å². The lowest BCUT2D eigenvalue weighted by molar-refractivity contribution is 0.254. The van der Waals surface area contributed by atoms with Crippen LogP contribution in [0.5, 0.6) is 0 Å². The van der Waals surface area contributed by atoms with Gasteiger partial charge in [0.05, 0.1) is 6.26 Å². The molecule has 0 aliphatic rings. The largest absolute Gasteiger partial charge is 0.303 e. The second-order valence-electron chi connectivity index (χ2n) is 17.4. The highest BCUT2D eigenvalue weighted by molar-refractivity contribution is 7.85. The third kappa shape index (κ3) is 58.6. The van der Waals surface area contributed by atoms with E-state index in [1.54, 1.807) is 0 Å². The Kier molecular flexibility index (Phi) is 50.8. The molecule has 5 heteroatoms. The molecule has 0 saturated heterocycles. The van der Waals surface area contributed by atoms with Gasteiger partial charge in [-0.2, -0.15) is 8.42 Å². The Morgan fingerprint density at radius 1 is 0.278 bits per heavy atom. The average Bonchev–Trinajstić information content (AvgIpc) is 3.14. The van der Waals surface area contributed by atoms with Crippen molar-refractivity contribution in [3.8, 4) is 0 Å². The highest BCUT2D eigenvalue weighted by atomic mass is 32.2. The molecule has 0 amide bonds. The molecule has 0 aromatic heterocycles. The summed E-state index contributed by atoms with van der Waals surface area (Å²) in [6.07, 6.45) is 62.3. The first-order chi connectivity index (χ1) is 26.3. The Bertz CT molecular complexity index is 674. The molecule has 4 nitrogen and oxygen atoms in total. The number of rotatable bonds is 45. The predicted molar refractivity (Wildman–Crippen MR) is 245 cm³/mol. The minimum Gasteiger partial charge on any atom is -0.303 e. The van der Waals surface area contributed by atoms with E-state index in [1.165, 1.54) is 289 Å². The molecule has 0 aromatic carbocycles. The fourth-order valence-corrected chi connectivity index (χ4v) is 7.93. The van der Waals surface area contributed by atoms with Crippen LogP contribution in [0.15, 0.2) is 0 Å². The fraction of sp³-hybridized carbons (Fsp3) is 1.00. The van der Waals surface area contributed by atoms with E-state index in [0.29, 0.717) is 6.26 Å². The van der Waals surface area contributed by atoms with Crippen molar-refractivity contribution in [2.45, 2.75) is 290 Å². The van der Waals surface area contributed by atoms with Crippen LogP contribution in [-0.4, -0.2) is 43.8 Å². The SMILES string of the molecule is CCCCCCCCCCCCCCCCN(CCCCCCCCCCCCCCCC)CCCCCCCCCCCCCCCC.CS(=O)(=O)O. The molecule has 0 fully saturated rings. The summed E-state index contributed by atoms with van der Waals surface area (Å²) < 4.78 is 25.9. The van der Waals surface area contributed by atoms with E-state index in [-0.39, 0.29) is 0 Å². The lowest BCUT2D eigenvalue weighted by Crippen LogP contribution is -2.27. The Hall–Kier alpha value is -0.130. The molecule has 0 bridgehead atoms. The molecule has 1 N–H and O–H groups in total. The minimum atomic E-state index is -3.67. The standard InChI is InChI=1S/C48H99N.CH4O3S/c1-4-7-10-13-16-19-22-25-28-31-34-37-40-43-46-49(47-44-41-38-35-32-29-26-23-20-17-14-11-8-5-2)48-45-42-39-36-33-30-27-24-21-18-15-12-9-6-3;1-5(2,3)4/h4-48H2,1-3H3;1H3,(H,2,3,4). The average molecular weight is 786 g/mol. The van der Waals surface area contributed by atoms with Gasteiger partial charge in [0.1, 0.15) is 0 Å². The van der Waals surface area contributed by atoms with Crippen molar-refractivity contribution in [1.29, 1.82) is 0 Å². The van der Waals surface area contributed by atoms with Crippen molar-refractivity contribution >= 4 is 10.1 Å². The predicted octanol–water partition coefficient (Wildman–Crippen LogP) is 17.2. The van der Waals surface area contributed by atoms with Gasteiger partial charge in [-0.25, -0.2) is 0 Å². The van der Waals surface area contributed by atoms with E-state index in [0.717, 1.165) is 0 Å². The summed E-state index contributed by atoms with van der Waals surface area (Å²) in [5, 5.41) is 0. The maximum atomic E-state index is 9.19. The molecular formula is C49H103NO3S. The fourth-order valence-electron chi connectivity index (χ4n) is 7.93. The van der Waals surface area contributed by atoms with Gasteiger partial charge in [-0.15, -0.1) is 0 Å². The third-order valence-electron chi connectivity index (χ3n) is 11.5. The summed E-state index contributed by atoms with van der Waals surface area (Å²) in [4.78, 5) is 2.88. The Balaban J connectivity index is 0. The van der Waals surface area contributed by atoms with Gasteiger partial charge in [-0.05, 0) is 38.9 Å². The lowest BCUT2D eigenvalue weighted by Gasteiger charge is -2.22. The van der Waals surface area contributed by atoms with Crippen LogP contribution >= 0.6 is 0 Å². The molecule has 0 heterocycles. The van der Waals surface area contributed by atoms with Crippen molar-refractivity contribution in [2.75, 3.05) is 25.9 Å². The van der Waals surface area contributed by atoms with Crippen molar-refractivity contribution in [3.63, 3.8) is 0 Å². The number of hydrogen-bond acceptors (Lipinski definition) is 3.